The minimum absolute atomic E-state index is 0.224. The third kappa shape index (κ3) is 4.34. The van der Waals surface area contributed by atoms with E-state index in [0.29, 0.717) is 29.5 Å². The van der Waals surface area contributed by atoms with Crippen LogP contribution in [0.2, 0.25) is 10.2 Å². The van der Waals surface area contributed by atoms with Crippen molar-refractivity contribution >= 4 is 34.9 Å². The number of rotatable bonds is 5. The van der Waals surface area contributed by atoms with Gasteiger partial charge >= 0.3 is 0 Å². The van der Waals surface area contributed by atoms with Crippen LogP contribution in [0.15, 0.2) is 36.4 Å². The molecule has 0 saturated heterocycles. The van der Waals surface area contributed by atoms with Gasteiger partial charge in [0.2, 0.25) is 0 Å². The third-order valence-corrected chi connectivity index (χ3v) is 3.37. The molecule has 6 heteroatoms. The zero-order chi connectivity index (χ0) is 15.2. The molecule has 0 fully saturated rings. The van der Waals surface area contributed by atoms with Crippen LogP contribution in [0, 0.1) is 0 Å². The molecule has 2 N–H and O–H groups in total. The minimum atomic E-state index is -0.224. The molecule has 0 unspecified atom stereocenters. The van der Waals surface area contributed by atoms with Crippen LogP contribution in [-0.2, 0) is 6.54 Å². The summed E-state index contributed by atoms with van der Waals surface area (Å²) in [7, 11) is 0. The van der Waals surface area contributed by atoms with Crippen LogP contribution in [0.1, 0.15) is 22.8 Å². The first-order chi connectivity index (χ1) is 10.1. The second-order valence-corrected chi connectivity index (χ2v) is 5.16. The Kier molecular flexibility index (Phi) is 5.42. The molecule has 0 atom stereocenters. The van der Waals surface area contributed by atoms with Gasteiger partial charge < -0.3 is 10.6 Å². The van der Waals surface area contributed by atoms with Gasteiger partial charge in [-0.15, -0.1) is 0 Å². The number of aromatic nitrogens is 1. The van der Waals surface area contributed by atoms with Gasteiger partial charge in [-0.1, -0.05) is 41.4 Å². The van der Waals surface area contributed by atoms with E-state index in [1.165, 1.54) is 6.07 Å². The number of nitrogens with zero attached hydrogens (tertiary/aromatic N) is 1. The smallest absolute Gasteiger partial charge is 0.251 e. The molecule has 1 aromatic carbocycles. The Hall–Kier alpha value is -1.78. The van der Waals surface area contributed by atoms with Crippen molar-refractivity contribution in [3.8, 4) is 0 Å². The second-order valence-electron chi connectivity index (χ2n) is 4.37. The topological polar surface area (TPSA) is 54.0 Å². The molecular formula is C15H15Cl2N3O. The summed E-state index contributed by atoms with van der Waals surface area (Å²) in [6.45, 7) is 3.00. The first kappa shape index (κ1) is 15.6. The third-order valence-electron chi connectivity index (χ3n) is 2.81. The molecule has 0 saturated carbocycles. The molecule has 21 heavy (non-hydrogen) atoms. The summed E-state index contributed by atoms with van der Waals surface area (Å²) in [4.78, 5) is 16.3. The normalized spacial score (nSPS) is 10.2. The van der Waals surface area contributed by atoms with Gasteiger partial charge in [-0.3, -0.25) is 4.79 Å². The van der Waals surface area contributed by atoms with Crippen LogP contribution < -0.4 is 10.6 Å². The summed E-state index contributed by atoms with van der Waals surface area (Å²) in [5.74, 6) is 0.353. The lowest BCUT2D eigenvalue weighted by Gasteiger charge is -2.09. The van der Waals surface area contributed by atoms with Gasteiger partial charge in [-0.2, -0.15) is 0 Å². The lowest BCUT2D eigenvalue weighted by atomic mass is 10.2. The van der Waals surface area contributed by atoms with Crippen LogP contribution in [0.3, 0.4) is 0 Å². The predicted octanol–water partition coefficient (Wildman–Crippen LogP) is 3.75. The lowest BCUT2D eigenvalue weighted by Crippen LogP contribution is -2.23. The maximum atomic E-state index is 12.2. The second kappa shape index (κ2) is 7.29. The van der Waals surface area contributed by atoms with Gasteiger partial charge in [-0.05, 0) is 30.7 Å². The van der Waals surface area contributed by atoms with Gasteiger partial charge in [0.25, 0.3) is 5.91 Å². The molecule has 0 aliphatic rings. The van der Waals surface area contributed by atoms with Crippen molar-refractivity contribution < 1.29 is 4.79 Å². The Morgan fingerprint density at radius 3 is 2.71 bits per heavy atom. The molecule has 1 aromatic heterocycles. The maximum Gasteiger partial charge on any atom is 0.251 e. The van der Waals surface area contributed by atoms with Crippen molar-refractivity contribution in [3.05, 3.63) is 57.7 Å². The van der Waals surface area contributed by atoms with E-state index in [-0.39, 0.29) is 11.1 Å². The monoisotopic (exact) mass is 323 g/mol. The molecule has 2 rings (SSSR count). The van der Waals surface area contributed by atoms with Crippen LogP contribution in [-0.4, -0.2) is 17.4 Å². The van der Waals surface area contributed by atoms with E-state index in [4.69, 9.17) is 23.2 Å². The van der Waals surface area contributed by atoms with Crippen molar-refractivity contribution in [2.75, 3.05) is 11.9 Å². The quantitative estimate of drug-likeness (QED) is 0.824. The molecule has 0 spiro atoms. The molecular weight excluding hydrogens is 309 g/mol. The summed E-state index contributed by atoms with van der Waals surface area (Å²) >= 11 is 12.0. The molecule has 2 aromatic rings. The highest BCUT2D eigenvalue weighted by atomic mass is 35.5. The Morgan fingerprint density at radius 2 is 2.00 bits per heavy atom. The largest absolute Gasteiger partial charge is 0.370 e. The van der Waals surface area contributed by atoms with Crippen molar-refractivity contribution in [2.24, 2.45) is 0 Å². The number of halogens is 2. The van der Waals surface area contributed by atoms with Crippen LogP contribution in [0.4, 0.5) is 5.82 Å². The Morgan fingerprint density at radius 1 is 1.24 bits per heavy atom. The van der Waals surface area contributed by atoms with E-state index in [1.54, 1.807) is 12.1 Å². The minimum Gasteiger partial charge on any atom is -0.370 e. The number of hydrogen-bond donors (Lipinski definition) is 2. The summed E-state index contributed by atoms with van der Waals surface area (Å²) in [6, 6.07) is 10.6. The fraction of sp³-hybridized carbons (Fsp3) is 0.200. The van der Waals surface area contributed by atoms with Crippen molar-refractivity contribution in [2.45, 2.75) is 13.5 Å². The zero-order valence-corrected chi connectivity index (χ0v) is 13.0. The van der Waals surface area contributed by atoms with Crippen LogP contribution in [0.25, 0.3) is 0 Å². The number of anilines is 1. The average Bonchev–Trinajstić information content (AvgIpc) is 2.46. The van der Waals surface area contributed by atoms with Gasteiger partial charge in [0.15, 0.2) is 0 Å². The highest BCUT2D eigenvalue weighted by Gasteiger charge is 2.09. The fourth-order valence-corrected chi connectivity index (χ4v) is 2.23. The Bertz CT molecular complexity index is 647. The van der Waals surface area contributed by atoms with Gasteiger partial charge in [-0.25, -0.2) is 4.98 Å². The maximum absolute atomic E-state index is 12.2. The number of carbonyl (C=O) groups excluding carboxylic acids is 1. The summed E-state index contributed by atoms with van der Waals surface area (Å²) in [5.41, 5.74) is 1.32. The van der Waals surface area contributed by atoms with E-state index < -0.39 is 0 Å². The van der Waals surface area contributed by atoms with Gasteiger partial charge in [0, 0.05) is 23.7 Å². The predicted molar refractivity (Wildman–Crippen MR) is 86.0 cm³/mol. The number of hydrogen-bond acceptors (Lipinski definition) is 3. The number of carbonyl (C=O) groups is 1. The van der Waals surface area contributed by atoms with Crippen LogP contribution in [0.5, 0.6) is 0 Å². The van der Waals surface area contributed by atoms with E-state index in [2.05, 4.69) is 15.6 Å². The zero-order valence-electron chi connectivity index (χ0n) is 11.5. The molecule has 1 amide bonds. The SMILES string of the molecule is CCNc1cc(C(=O)NCc2ccccc2Cl)cc(Cl)n1. The summed E-state index contributed by atoms with van der Waals surface area (Å²) in [6.07, 6.45) is 0. The molecule has 0 aliphatic carbocycles. The van der Waals surface area contributed by atoms with Crippen molar-refractivity contribution in [3.63, 3.8) is 0 Å². The van der Waals surface area contributed by atoms with E-state index in [0.717, 1.165) is 5.56 Å². The molecule has 1 heterocycles. The first-order valence-corrected chi connectivity index (χ1v) is 7.29. The standard InChI is InChI=1S/C15H15Cl2N3O/c1-2-18-14-8-11(7-13(17)20-14)15(21)19-9-10-5-3-4-6-12(10)16/h3-8H,2,9H2,1H3,(H,18,20)(H,19,21). The summed E-state index contributed by atoms with van der Waals surface area (Å²) in [5, 5.41) is 6.74. The fourth-order valence-electron chi connectivity index (χ4n) is 1.82. The van der Waals surface area contributed by atoms with Crippen molar-refractivity contribution in [1.29, 1.82) is 0 Å². The van der Waals surface area contributed by atoms with Crippen LogP contribution >= 0.6 is 23.2 Å². The van der Waals surface area contributed by atoms with E-state index in [9.17, 15) is 4.79 Å². The molecule has 0 radical (unpaired) electrons. The van der Waals surface area contributed by atoms with Gasteiger partial charge in [0.1, 0.15) is 11.0 Å². The first-order valence-electron chi connectivity index (χ1n) is 6.53. The molecule has 110 valence electrons. The number of amides is 1. The number of pyridine rings is 1. The average molecular weight is 324 g/mol. The Balaban J connectivity index is 2.08. The molecule has 0 bridgehead atoms. The van der Waals surface area contributed by atoms with E-state index in [1.807, 2.05) is 25.1 Å². The summed E-state index contributed by atoms with van der Waals surface area (Å²) < 4.78 is 0. The lowest BCUT2D eigenvalue weighted by molar-refractivity contribution is 0.0951. The van der Waals surface area contributed by atoms with Crippen molar-refractivity contribution in [1.82, 2.24) is 10.3 Å². The van der Waals surface area contributed by atoms with Gasteiger partial charge in [0.05, 0.1) is 0 Å². The highest BCUT2D eigenvalue weighted by Crippen LogP contribution is 2.16. The highest BCUT2D eigenvalue weighted by molar-refractivity contribution is 6.31. The molecule has 0 aliphatic heterocycles. The molecule has 4 nitrogen and oxygen atoms in total. The van der Waals surface area contributed by atoms with E-state index >= 15 is 0 Å². The Labute approximate surface area is 133 Å². The number of nitrogens with one attached hydrogen (secondary N) is 2. The number of benzene rings is 1.